The summed E-state index contributed by atoms with van der Waals surface area (Å²) in [5.41, 5.74) is 4.23. The Labute approximate surface area is 103 Å². The van der Waals surface area contributed by atoms with Crippen LogP contribution in [0.4, 0.5) is 0 Å². The van der Waals surface area contributed by atoms with Gasteiger partial charge in [0.05, 0.1) is 0 Å². The first-order valence-electron chi connectivity index (χ1n) is 5.86. The van der Waals surface area contributed by atoms with Gasteiger partial charge in [0.2, 0.25) is 0 Å². The summed E-state index contributed by atoms with van der Waals surface area (Å²) in [7, 11) is 0. The highest BCUT2D eigenvalue weighted by Crippen LogP contribution is 2.27. The van der Waals surface area contributed by atoms with Crippen LogP contribution in [-0.4, -0.2) is 0 Å². The Morgan fingerprint density at radius 1 is 1.06 bits per heavy atom. The molecule has 0 spiro atoms. The van der Waals surface area contributed by atoms with Crippen LogP contribution in [0.25, 0.3) is 5.57 Å². The molecule has 0 atom stereocenters. The van der Waals surface area contributed by atoms with Gasteiger partial charge in [-0.1, -0.05) is 41.5 Å². The molecule has 0 bridgehead atoms. The van der Waals surface area contributed by atoms with Crippen LogP contribution in [0.2, 0.25) is 5.02 Å². The summed E-state index contributed by atoms with van der Waals surface area (Å²) in [6.45, 7) is 2.22. The van der Waals surface area contributed by atoms with Crippen LogP contribution >= 0.6 is 11.6 Å². The fourth-order valence-corrected chi connectivity index (χ4v) is 2.26. The van der Waals surface area contributed by atoms with Gasteiger partial charge in [0.1, 0.15) is 0 Å². The van der Waals surface area contributed by atoms with Gasteiger partial charge in [-0.05, 0) is 55.9 Å². The number of rotatable bonds is 1. The van der Waals surface area contributed by atoms with Crippen molar-refractivity contribution in [3.63, 3.8) is 0 Å². The van der Waals surface area contributed by atoms with E-state index in [-0.39, 0.29) is 0 Å². The zero-order chi connectivity index (χ0) is 11.4. The smallest absolute Gasteiger partial charge is 0.0412 e. The van der Waals surface area contributed by atoms with Gasteiger partial charge in [0.15, 0.2) is 0 Å². The average molecular weight is 233 g/mol. The van der Waals surface area contributed by atoms with E-state index in [0.717, 1.165) is 24.3 Å². The summed E-state index contributed by atoms with van der Waals surface area (Å²) < 4.78 is 0. The van der Waals surface area contributed by atoms with E-state index in [1.807, 2.05) is 12.1 Å². The quantitative estimate of drug-likeness (QED) is 0.581. The van der Waals surface area contributed by atoms with E-state index < -0.39 is 0 Å². The number of allylic oxidation sites excluding steroid dienone is 4. The predicted molar refractivity (Wildman–Crippen MR) is 71.7 cm³/mol. The molecule has 0 aliphatic heterocycles. The van der Waals surface area contributed by atoms with Crippen molar-refractivity contribution >= 4 is 17.2 Å². The first-order valence-corrected chi connectivity index (χ1v) is 6.24. The van der Waals surface area contributed by atoms with Crippen LogP contribution in [0.1, 0.15) is 38.2 Å². The lowest BCUT2D eigenvalue weighted by molar-refractivity contribution is 0.923. The van der Waals surface area contributed by atoms with Gasteiger partial charge in [-0.25, -0.2) is 0 Å². The summed E-state index contributed by atoms with van der Waals surface area (Å²) in [6.07, 6.45) is 9.30. The maximum atomic E-state index is 6.03. The highest BCUT2D eigenvalue weighted by molar-refractivity contribution is 6.30. The molecule has 0 N–H and O–H groups in total. The van der Waals surface area contributed by atoms with Crippen LogP contribution in [0.5, 0.6) is 0 Å². The molecule has 84 valence electrons. The third-order valence-electron chi connectivity index (χ3n) is 3.03. The molecular weight excluding hydrogens is 216 g/mol. The maximum absolute atomic E-state index is 6.03. The fourth-order valence-electron chi connectivity index (χ4n) is 2.07. The van der Waals surface area contributed by atoms with E-state index >= 15 is 0 Å². The lowest BCUT2D eigenvalue weighted by Crippen LogP contribution is -1.90. The zero-order valence-corrected chi connectivity index (χ0v) is 10.4. The van der Waals surface area contributed by atoms with E-state index in [0.29, 0.717) is 0 Å². The first-order chi connectivity index (χ1) is 7.75. The second-order valence-corrected chi connectivity index (χ2v) is 4.80. The molecular formula is C15H17Cl. The molecule has 1 aromatic rings. The number of hydrogen-bond acceptors (Lipinski definition) is 0. The first kappa shape index (κ1) is 11.5. The van der Waals surface area contributed by atoms with Crippen LogP contribution in [-0.2, 0) is 0 Å². The van der Waals surface area contributed by atoms with Gasteiger partial charge in [-0.2, -0.15) is 0 Å². The van der Waals surface area contributed by atoms with E-state index in [1.54, 1.807) is 0 Å². The van der Waals surface area contributed by atoms with Crippen molar-refractivity contribution < 1.29 is 0 Å². The molecule has 16 heavy (non-hydrogen) atoms. The molecule has 0 saturated carbocycles. The van der Waals surface area contributed by atoms with Gasteiger partial charge in [-0.3, -0.25) is 0 Å². The van der Waals surface area contributed by atoms with Crippen molar-refractivity contribution in [1.82, 2.24) is 0 Å². The molecule has 0 radical (unpaired) electrons. The van der Waals surface area contributed by atoms with Gasteiger partial charge >= 0.3 is 0 Å². The second kappa shape index (κ2) is 5.36. The molecule has 1 aliphatic rings. The van der Waals surface area contributed by atoms with Crippen molar-refractivity contribution in [3.05, 3.63) is 52.6 Å². The molecule has 1 aromatic carbocycles. The van der Waals surface area contributed by atoms with Crippen LogP contribution < -0.4 is 0 Å². The Hall–Kier alpha value is -1.01. The van der Waals surface area contributed by atoms with E-state index in [4.69, 9.17) is 11.6 Å². The summed E-state index contributed by atoms with van der Waals surface area (Å²) in [4.78, 5) is 0. The number of hydrogen-bond donors (Lipinski definition) is 0. The predicted octanol–water partition coefficient (Wildman–Crippen LogP) is 5.24. The largest absolute Gasteiger partial charge is 0.0853 e. The normalized spacial score (nSPS) is 20.4. The lowest BCUT2D eigenvalue weighted by Gasteiger charge is -2.11. The monoisotopic (exact) mass is 232 g/mol. The number of benzene rings is 1. The van der Waals surface area contributed by atoms with E-state index in [1.165, 1.54) is 23.1 Å². The summed E-state index contributed by atoms with van der Waals surface area (Å²) in [5.74, 6) is 0. The molecule has 1 heteroatoms. The average Bonchev–Trinajstić information content (AvgIpc) is 2.24. The molecule has 0 saturated heterocycles. The van der Waals surface area contributed by atoms with Crippen LogP contribution in [0.3, 0.4) is 0 Å². The van der Waals surface area contributed by atoms with Gasteiger partial charge < -0.3 is 0 Å². The summed E-state index contributed by atoms with van der Waals surface area (Å²) in [5, 5.41) is 0.827. The molecule has 0 nitrogen and oxygen atoms in total. The number of halogens is 1. The SMILES string of the molecule is C/C1=C/CCC=C(c2cccc(Cl)c2)CC1. The molecule has 0 unspecified atom stereocenters. The maximum Gasteiger partial charge on any atom is 0.0412 e. The van der Waals surface area contributed by atoms with Gasteiger partial charge in [-0.15, -0.1) is 0 Å². The minimum atomic E-state index is 0.827. The molecule has 0 aromatic heterocycles. The Bertz CT molecular complexity index is 427. The Balaban J connectivity index is 2.20. The zero-order valence-electron chi connectivity index (χ0n) is 9.67. The van der Waals surface area contributed by atoms with Crippen molar-refractivity contribution in [2.45, 2.75) is 32.6 Å². The molecule has 0 amide bonds. The third kappa shape index (κ3) is 2.99. The van der Waals surface area contributed by atoms with Crippen LogP contribution in [0.15, 0.2) is 42.0 Å². The highest BCUT2D eigenvalue weighted by Gasteiger charge is 2.04. The van der Waals surface area contributed by atoms with Crippen molar-refractivity contribution in [3.8, 4) is 0 Å². The lowest BCUT2D eigenvalue weighted by atomic mass is 9.95. The van der Waals surface area contributed by atoms with E-state index in [2.05, 4.69) is 31.2 Å². The second-order valence-electron chi connectivity index (χ2n) is 4.37. The molecule has 0 heterocycles. The van der Waals surface area contributed by atoms with E-state index in [9.17, 15) is 0 Å². The Morgan fingerprint density at radius 3 is 2.69 bits per heavy atom. The third-order valence-corrected chi connectivity index (χ3v) is 3.27. The van der Waals surface area contributed by atoms with Crippen molar-refractivity contribution in [2.24, 2.45) is 0 Å². The van der Waals surface area contributed by atoms with Crippen LogP contribution in [0, 0.1) is 0 Å². The van der Waals surface area contributed by atoms with Crippen molar-refractivity contribution in [1.29, 1.82) is 0 Å². The molecule has 2 rings (SSSR count). The Kier molecular flexibility index (Phi) is 3.84. The van der Waals surface area contributed by atoms with Gasteiger partial charge in [0.25, 0.3) is 0 Å². The summed E-state index contributed by atoms with van der Waals surface area (Å²) in [6, 6.07) is 8.17. The van der Waals surface area contributed by atoms with Crippen molar-refractivity contribution in [2.75, 3.05) is 0 Å². The minimum Gasteiger partial charge on any atom is -0.0853 e. The Morgan fingerprint density at radius 2 is 1.88 bits per heavy atom. The molecule has 1 aliphatic carbocycles. The minimum absolute atomic E-state index is 0.827. The fraction of sp³-hybridized carbons (Fsp3) is 0.333. The molecule has 0 fully saturated rings. The summed E-state index contributed by atoms with van der Waals surface area (Å²) >= 11 is 6.03. The standard InChI is InChI=1S/C15H17Cl/c1-12-5-2-3-6-13(10-9-12)14-7-4-8-15(16)11-14/h4-8,11H,2-3,9-10H2,1H3/b12-5-,13-6?. The van der Waals surface area contributed by atoms with Gasteiger partial charge in [0, 0.05) is 5.02 Å². The highest BCUT2D eigenvalue weighted by atomic mass is 35.5. The topological polar surface area (TPSA) is 0 Å².